The third-order valence-electron chi connectivity index (χ3n) is 1.74. The predicted molar refractivity (Wildman–Crippen MR) is 42.1 cm³/mol. The summed E-state index contributed by atoms with van der Waals surface area (Å²) in [7, 11) is -4.15. The Kier molecular flexibility index (Phi) is 8.11. The van der Waals surface area contributed by atoms with Crippen LogP contribution in [0.3, 0.4) is 0 Å². The zero-order valence-corrected chi connectivity index (χ0v) is 10.9. The van der Waals surface area contributed by atoms with Gasteiger partial charge in [-0.2, -0.15) is 0 Å². The molecular formula is C6H14NNaO3S. The van der Waals surface area contributed by atoms with Crippen molar-refractivity contribution in [2.75, 3.05) is 13.1 Å². The minimum absolute atomic E-state index is 0. The van der Waals surface area contributed by atoms with E-state index in [1.807, 2.05) is 13.8 Å². The molecule has 0 aliphatic rings. The van der Waals surface area contributed by atoms with Crippen LogP contribution in [-0.4, -0.2) is 36.3 Å². The molecular weight excluding hydrogens is 189 g/mol. The Bertz CT molecular complexity index is 201. The van der Waals surface area contributed by atoms with Crippen LogP contribution < -0.4 is 29.6 Å². The van der Waals surface area contributed by atoms with E-state index in [-0.39, 0.29) is 29.6 Å². The molecule has 0 heterocycles. The van der Waals surface area contributed by atoms with Crippen LogP contribution in [0.5, 0.6) is 0 Å². The van der Waals surface area contributed by atoms with E-state index in [0.717, 1.165) is 0 Å². The van der Waals surface area contributed by atoms with E-state index in [9.17, 15) is 13.0 Å². The molecule has 0 rings (SSSR count). The maximum absolute atomic E-state index is 10.5. The summed E-state index contributed by atoms with van der Waals surface area (Å²) in [4.78, 5) is 1.60. The molecule has 0 aromatic rings. The molecule has 0 aromatic heterocycles. The summed E-state index contributed by atoms with van der Waals surface area (Å²) in [5, 5.41) is -0.905. The predicted octanol–water partition coefficient (Wildman–Crippen LogP) is -2.78. The minimum atomic E-state index is -4.15. The van der Waals surface area contributed by atoms with Crippen LogP contribution in [-0.2, 0) is 10.1 Å². The van der Waals surface area contributed by atoms with Crippen LogP contribution in [0.4, 0.5) is 0 Å². The smallest absolute Gasteiger partial charge is 0.747 e. The van der Waals surface area contributed by atoms with Crippen LogP contribution in [0, 0.1) is 0 Å². The second kappa shape index (κ2) is 6.34. The third-order valence-corrected chi connectivity index (χ3v) is 2.88. The van der Waals surface area contributed by atoms with Gasteiger partial charge in [-0.3, -0.25) is 4.90 Å². The maximum Gasteiger partial charge on any atom is 1.00 e. The largest absolute Gasteiger partial charge is 1.00 e. The summed E-state index contributed by atoms with van der Waals surface area (Å²) in [5.41, 5.74) is 0. The van der Waals surface area contributed by atoms with E-state index < -0.39 is 15.5 Å². The van der Waals surface area contributed by atoms with Gasteiger partial charge in [-0.15, -0.1) is 0 Å². The van der Waals surface area contributed by atoms with Crippen LogP contribution >= 0.6 is 0 Å². The molecule has 0 bridgehead atoms. The first-order valence-corrected chi connectivity index (χ1v) is 5.09. The van der Waals surface area contributed by atoms with Crippen molar-refractivity contribution < 1.29 is 42.5 Å². The van der Waals surface area contributed by atoms with Gasteiger partial charge in [-0.25, -0.2) is 8.42 Å². The molecule has 1 unspecified atom stereocenters. The van der Waals surface area contributed by atoms with Gasteiger partial charge in [0, 0.05) is 0 Å². The van der Waals surface area contributed by atoms with Crippen molar-refractivity contribution in [3.05, 3.63) is 0 Å². The Morgan fingerprint density at radius 2 is 1.67 bits per heavy atom. The Morgan fingerprint density at radius 3 is 1.75 bits per heavy atom. The van der Waals surface area contributed by atoms with E-state index in [1.54, 1.807) is 4.90 Å². The average molecular weight is 203 g/mol. The fourth-order valence-electron chi connectivity index (χ4n) is 0.920. The number of rotatable bonds is 4. The molecule has 0 saturated carbocycles. The molecule has 0 spiro atoms. The summed E-state index contributed by atoms with van der Waals surface area (Å²) in [6.45, 7) is 6.23. The van der Waals surface area contributed by atoms with Gasteiger partial charge in [0.25, 0.3) is 0 Å². The van der Waals surface area contributed by atoms with Crippen LogP contribution in [0.2, 0.25) is 0 Å². The summed E-state index contributed by atoms with van der Waals surface area (Å²) in [6, 6.07) is 0. The second-order valence-electron chi connectivity index (χ2n) is 2.31. The minimum Gasteiger partial charge on any atom is -0.747 e. The van der Waals surface area contributed by atoms with Crippen molar-refractivity contribution in [3.63, 3.8) is 0 Å². The van der Waals surface area contributed by atoms with Crippen LogP contribution in [0.15, 0.2) is 0 Å². The molecule has 0 aromatic carbocycles. The SMILES string of the molecule is CCN(CC)C(C)S(=O)(=O)[O-].[Na+]. The molecule has 0 N–H and O–H groups in total. The molecule has 12 heavy (non-hydrogen) atoms. The molecule has 0 saturated heterocycles. The summed E-state index contributed by atoms with van der Waals surface area (Å²) in [5.74, 6) is 0. The summed E-state index contributed by atoms with van der Waals surface area (Å²) in [6.07, 6.45) is 0. The van der Waals surface area contributed by atoms with Crippen molar-refractivity contribution >= 4 is 10.1 Å². The monoisotopic (exact) mass is 203 g/mol. The Labute approximate surface area is 96.4 Å². The van der Waals surface area contributed by atoms with Crippen LogP contribution in [0.25, 0.3) is 0 Å². The normalized spacial score (nSPS) is 14.1. The van der Waals surface area contributed by atoms with Gasteiger partial charge >= 0.3 is 29.6 Å². The van der Waals surface area contributed by atoms with E-state index in [1.165, 1.54) is 6.92 Å². The number of hydrogen-bond donors (Lipinski definition) is 0. The molecule has 0 fully saturated rings. The molecule has 0 aliphatic carbocycles. The molecule has 0 amide bonds. The first-order valence-electron chi connectivity index (χ1n) is 3.62. The van der Waals surface area contributed by atoms with Gasteiger partial charge in [0.15, 0.2) is 0 Å². The maximum atomic E-state index is 10.5. The van der Waals surface area contributed by atoms with Crippen molar-refractivity contribution in [1.29, 1.82) is 0 Å². The molecule has 0 aliphatic heterocycles. The van der Waals surface area contributed by atoms with E-state index in [2.05, 4.69) is 0 Å². The van der Waals surface area contributed by atoms with Crippen molar-refractivity contribution in [2.24, 2.45) is 0 Å². The Hall–Kier alpha value is 0.870. The molecule has 1 atom stereocenters. The number of nitrogens with zero attached hydrogens (tertiary/aromatic N) is 1. The van der Waals surface area contributed by atoms with Crippen molar-refractivity contribution in [1.82, 2.24) is 4.90 Å². The second-order valence-corrected chi connectivity index (χ2v) is 3.98. The van der Waals surface area contributed by atoms with Gasteiger partial charge in [-0.05, 0) is 20.0 Å². The third kappa shape index (κ3) is 4.79. The van der Waals surface area contributed by atoms with E-state index in [4.69, 9.17) is 0 Å². The fraction of sp³-hybridized carbons (Fsp3) is 1.00. The van der Waals surface area contributed by atoms with Gasteiger partial charge in [0.2, 0.25) is 0 Å². The molecule has 68 valence electrons. The standard InChI is InChI=1S/C6H15NO3S.Na/c1-4-7(5-2)6(3)11(8,9)10;/h6H,4-5H2,1-3H3,(H,8,9,10);/q;+1/p-1. The molecule has 6 heteroatoms. The van der Waals surface area contributed by atoms with E-state index >= 15 is 0 Å². The zero-order valence-electron chi connectivity index (χ0n) is 8.07. The first kappa shape index (κ1) is 15.3. The van der Waals surface area contributed by atoms with Crippen molar-refractivity contribution in [2.45, 2.75) is 26.1 Å². The van der Waals surface area contributed by atoms with E-state index in [0.29, 0.717) is 13.1 Å². The fourth-order valence-corrected chi connectivity index (χ4v) is 1.58. The first-order chi connectivity index (χ1) is 4.93. The Morgan fingerprint density at radius 1 is 1.33 bits per heavy atom. The van der Waals surface area contributed by atoms with Gasteiger partial charge in [0.1, 0.15) is 10.1 Å². The zero-order chi connectivity index (χ0) is 9.07. The number of hydrogen-bond acceptors (Lipinski definition) is 4. The van der Waals surface area contributed by atoms with Crippen LogP contribution in [0.1, 0.15) is 20.8 Å². The van der Waals surface area contributed by atoms with Gasteiger partial charge in [0.05, 0.1) is 5.37 Å². The summed E-state index contributed by atoms with van der Waals surface area (Å²) >= 11 is 0. The van der Waals surface area contributed by atoms with Gasteiger partial charge in [-0.1, -0.05) is 13.8 Å². The topological polar surface area (TPSA) is 60.4 Å². The average Bonchev–Trinajstić information content (AvgIpc) is 1.88. The quantitative estimate of drug-likeness (QED) is 0.366. The van der Waals surface area contributed by atoms with Crippen molar-refractivity contribution in [3.8, 4) is 0 Å². The molecule has 0 radical (unpaired) electrons. The Balaban J connectivity index is 0. The summed E-state index contributed by atoms with van der Waals surface area (Å²) < 4.78 is 31.5. The van der Waals surface area contributed by atoms with Gasteiger partial charge < -0.3 is 4.55 Å². The molecule has 4 nitrogen and oxygen atoms in total.